The number of fused-ring (bicyclic) bond motifs is 1. The highest BCUT2D eigenvalue weighted by Crippen LogP contribution is 2.43. The van der Waals surface area contributed by atoms with E-state index in [0.29, 0.717) is 26.4 Å². The first-order valence-corrected chi connectivity index (χ1v) is 16.5. The molecule has 39 heavy (non-hydrogen) atoms. The summed E-state index contributed by atoms with van der Waals surface area (Å²) in [6, 6.07) is 14.1. The molecular weight excluding hydrogens is 515 g/mol. The van der Waals surface area contributed by atoms with Gasteiger partial charge >= 0.3 is 7.82 Å². The van der Waals surface area contributed by atoms with Crippen LogP contribution in [0.25, 0.3) is 10.8 Å². The van der Waals surface area contributed by atoms with Gasteiger partial charge in [0.05, 0.1) is 39.6 Å². The van der Waals surface area contributed by atoms with Gasteiger partial charge in [-0.2, -0.15) is 0 Å². The lowest BCUT2D eigenvalue weighted by Gasteiger charge is -2.12. The van der Waals surface area contributed by atoms with Crippen molar-refractivity contribution in [3.8, 4) is 5.75 Å². The molecule has 0 aliphatic heterocycles. The van der Waals surface area contributed by atoms with Crippen LogP contribution < -0.4 is 4.74 Å². The smallest absolute Gasteiger partial charge is 0.472 e. The van der Waals surface area contributed by atoms with Gasteiger partial charge in [-0.1, -0.05) is 120 Å². The first kappa shape index (κ1) is 33.7. The molecule has 2 aromatic carbocycles. The van der Waals surface area contributed by atoms with Crippen molar-refractivity contribution in [1.82, 2.24) is 0 Å². The maximum Gasteiger partial charge on any atom is 0.472 e. The van der Waals surface area contributed by atoms with Crippen molar-refractivity contribution in [2.75, 3.05) is 46.2 Å². The van der Waals surface area contributed by atoms with Gasteiger partial charge < -0.3 is 19.1 Å². The fourth-order valence-corrected chi connectivity index (χ4v) is 5.14. The summed E-state index contributed by atoms with van der Waals surface area (Å²) in [4.78, 5) is 9.78. The fourth-order valence-electron chi connectivity index (χ4n) is 4.40. The largest absolute Gasteiger partial charge is 0.491 e. The third kappa shape index (κ3) is 17.1. The van der Waals surface area contributed by atoms with Crippen LogP contribution in [0.15, 0.2) is 42.5 Å². The molecule has 0 radical (unpaired) electrons. The summed E-state index contributed by atoms with van der Waals surface area (Å²) in [5.74, 6) is 0.842. The molecular formula is C31H51O7P. The number of phosphoric ester groups is 1. The summed E-state index contributed by atoms with van der Waals surface area (Å²) in [7, 11) is -4.02. The Balaban J connectivity index is 1.33. The zero-order chi connectivity index (χ0) is 27.9. The number of rotatable bonds is 26. The number of unbranched alkanes of at least 4 members (excludes halogenated alkanes) is 12. The fraction of sp³-hybridized carbons (Fsp3) is 0.677. The van der Waals surface area contributed by atoms with Crippen LogP contribution in [0.1, 0.15) is 90.4 Å². The predicted molar refractivity (Wildman–Crippen MR) is 159 cm³/mol. The van der Waals surface area contributed by atoms with Crippen molar-refractivity contribution >= 4 is 18.6 Å². The average molecular weight is 567 g/mol. The normalized spacial score (nSPS) is 13.1. The van der Waals surface area contributed by atoms with Crippen LogP contribution in [-0.2, 0) is 23.1 Å². The number of phosphoric acid groups is 1. The Morgan fingerprint density at radius 2 is 1.10 bits per heavy atom. The molecule has 1 atom stereocenters. The van der Waals surface area contributed by atoms with Gasteiger partial charge in [-0.3, -0.25) is 9.05 Å². The molecule has 0 aliphatic rings. The van der Waals surface area contributed by atoms with E-state index in [-0.39, 0.29) is 19.8 Å². The predicted octanol–water partition coefficient (Wildman–Crippen LogP) is 8.48. The Morgan fingerprint density at radius 1 is 0.590 bits per heavy atom. The molecule has 8 heteroatoms. The molecule has 7 nitrogen and oxygen atoms in total. The lowest BCUT2D eigenvalue weighted by atomic mass is 10.0. The molecule has 0 saturated heterocycles. The second kappa shape index (κ2) is 22.2. The van der Waals surface area contributed by atoms with Crippen LogP contribution in [0.3, 0.4) is 0 Å². The van der Waals surface area contributed by atoms with Gasteiger partial charge in [0.15, 0.2) is 0 Å². The number of benzene rings is 2. The molecule has 2 aromatic rings. The standard InChI is InChI=1S/C31H51O7P/c1-2-3-4-5-6-7-8-9-10-11-12-13-16-22-37-39(32,33)38-28-26-35-24-23-34-25-27-36-31-21-17-19-29-18-14-15-20-30(29)31/h14-15,17-21H,2-13,16,22-28H2,1H3,(H,32,33). The first-order chi connectivity index (χ1) is 19.1. The Morgan fingerprint density at radius 3 is 1.77 bits per heavy atom. The van der Waals surface area contributed by atoms with Crippen LogP contribution in [-0.4, -0.2) is 51.1 Å². The van der Waals surface area contributed by atoms with Crippen molar-refractivity contribution in [2.45, 2.75) is 90.4 Å². The van der Waals surface area contributed by atoms with Crippen molar-refractivity contribution in [3.05, 3.63) is 42.5 Å². The molecule has 2 rings (SSSR count). The summed E-state index contributed by atoms with van der Waals surface area (Å²) < 4.78 is 38.8. The summed E-state index contributed by atoms with van der Waals surface area (Å²) in [5.41, 5.74) is 0. The zero-order valence-corrected chi connectivity index (χ0v) is 24.9. The van der Waals surface area contributed by atoms with E-state index in [0.717, 1.165) is 35.8 Å². The summed E-state index contributed by atoms with van der Waals surface area (Å²) in [6.07, 6.45) is 16.3. The molecule has 1 N–H and O–H groups in total. The molecule has 222 valence electrons. The minimum Gasteiger partial charge on any atom is -0.491 e. The van der Waals surface area contributed by atoms with Crippen LogP contribution in [0.2, 0.25) is 0 Å². The maximum atomic E-state index is 12.0. The Labute approximate surface area is 236 Å². The maximum absolute atomic E-state index is 12.0. The van der Waals surface area contributed by atoms with Gasteiger partial charge in [0.25, 0.3) is 0 Å². The summed E-state index contributed by atoms with van der Waals surface area (Å²) >= 11 is 0. The van der Waals surface area contributed by atoms with E-state index in [1.807, 2.05) is 30.3 Å². The van der Waals surface area contributed by atoms with Crippen molar-refractivity contribution in [3.63, 3.8) is 0 Å². The number of ether oxygens (including phenoxy) is 3. The van der Waals surface area contributed by atoms with Crippen LogP contribution in [0, 0.1) is 0 Å². The SMILES string of the molecule is CCCCCCCCCCCCCCCOP(=O)(O)OCCOCCOCCOc1cccc2ccccc12. The molecule has 0 bridgehead atoms. The molecule has 0 spiro atoms. The van der Waals surface area contributed by atoms with Crippen molar-refractivity contribution in [1.29, 1.82) is 0 Å². The first-order valence-electron chi connectivity index (χ1n) is 15.0. The van der Waals surface area contributed by atoms with Crippen LogP contribution in [0.5, 0.6) is 5.75 Å². The lowest BCUT2D eigenvalue weighted by Crippen LogP contribution is -2.12. The highest BCUT2D eigenvalue weighted by Gasteiger charge is 2.20. The number of hydrogen-bond donors (Lipinski definition) is 1. The Hall–Kier alpha value is -1.47. The topological polar surface area (TPSA) is 83.5 Å². The van der Waals surface area contributed by atoms with Crippen molar-refractivity contribution in [2.24, 2.45) is 0 Å². The highest BCUT2D eigenvalue weighted by molar-refractivity contribution is 7.47. The minimum absolute atomic E-state index is 0.00340. The van der Waals surface area contributed by atoms with Gasteiger partial charge in [0.2, 0.25) is 0 Å². The second-order valence-electron chi connectivity index (χ2n) is 9.93. The zero-order valence-electron chi connectivity index (χ0n) is 24.0. The van der Waals surface area contributed by atoms with Crippen molar-refractivity contribution < 1.29 is 32.7 Å². The third-order valence-electron chi connectivity index (χ3n) is 6.59. The number of hydrogen-bond acceptors (Lipinski definition) is 6. The van der Waals surface area contributed by atoms with Gasteiger partial charge in [-0.05, 0) is 17.9 Å². The quantitative estimate of drug-likeness (QED) is 0.0903. The summed E-state index contributed by atoms with van der Waals surface area (Å²) in [6.45, 7) is 4.35. The van der Waals surface area contributed by atoms with E-state index in [1.54, 1.807) is 0 Å². The van der Waals surface area contributed by atoms with E-state index in [9.17, 15) is 9.46 Å². The minimum atomic E-state index is -4.02. The van der Waals surface area contributed by atoms with Gasteiger partial charge in [0.1, 0.15) is 12.4 Å². The second-order valence-corrected chi connectivity index (χ2v) is 11.4. The Kier molecular flexibility index (Phi) is 19.2. The van der Waals surface area contributed by atoms with E-state index < -0.39 is 7.82 Å². The molecule has 0 aromatic heterocycles. The molecule has 0 heterocycles. The third-order valence-corrected chi connectivity index (χ3v) is 7.61. The molecule has 1 unspecified atom stereocenters. The monoisotopic (exact) mass is 566 g/mol. The summed E-state index contributed by atoms with van der Waals surface area (Å²) in [5, 5.41) is 2.22. The van der Waals surface area contributed by atoms with Gasteiger partial charge in [0, 0.05) is 5.39 Å². The molecule has 0 fully saturated rings. The average Bonchev–Trinajstić information content (AvgIpc) is 2.94. The lowest BCUT2D eigenvalue weighted by molar-refractivity contribution is 0.0225. The van der Waals surface area contributed by atoms with Gasteiger partial charge in [-0.15, -0.1) is 0 Å². The van der Waals surface area contributed by atoms with E-state index in [1.165, 1.54) is 64.2 Å². The van der Waals surface area contributed by atoms with E-state index in [4.69, 9.17) is 23.3 Å². The van der Waals surface area contributed by atoms with Crippen LogP contribution in [0.4, 0.5) is 0 Å². The van der Waals surface area contributed by atoms with E-state index in [2.05, 4.69) is 19.1 Å². The molecule has 0 aliphatic carbocycles. The van der Waals surface area contributed by atoms with Gasteiger partial charge in [-0.25, -0.2) is 4.57 Å². The molecule has 0 saturated carbocycles. The Bertz CT molecular complexity index is 902. The molecule has 0 amide bonds. The highest BCUT2D eigenvalue weighted by atomic mass is 31.2. The van der Waals surface area contributed by atoms with Crippen LogP contribution >= 0.6 is 7.82 Å². The van der Waals surface area contributed by atoms with E-state index >= 15 is 0 Å².